The number of carbonyl (C=O) groups excluding carboxylic acids is 3. The Morgan fingerprint density at radius 2 is 1.53 bits per heavy atom. The van der Waals surface area contributed by atoms with Crippen molar-refractivity contribution in [2.24, 2.45) is 9.98 Å². The van der Waals surface area contributed by atoms with Crippen LogP contribution in [0.1, 0.15) is 10.4 Å². The van der Waals surface area contributed by atoms with Gasteiger partial charge in [0.25, 0.3) is 5.24 Å². The molecule has 0 radical (unpaired) electrons. The molecular weight excluding hydrogens is 220 g/mol. The Kier molecular flexibility index (Phi) is 3.66. The highest BCUT2D eigenvalue weighted by Crippen LogP contribution is 2.23. The molecule has 0 amide bonds. The molecule has 0 saturated heterocycles. The second-order valence-corrected chi connectivity index (χ2v) is 2.76. The molecule has 1 aromatic rings. The van der Waals surface area contributed by atoms with Crippen molar-refractivity contribution in [3.05, 3.63) is 23.8 Å². The third kappa shape index (κ3) is 2.97. The van der Waals surface area contributed by atoms with Crippen molar-refractivity contribution in [3.8, 4) is 0 Å². The Morgan fingerprint density at radius 3 is 1.87 bits per heavy atom. The van der Waals surface area contributed by atoms with Crippen LogP contribution < -0.4 is 0 Å². The molecule has 0 bridgehead atoms. The number of aliphatic imine (C=N–C) groups is 2. The first kappa shape index (κ1) is 11.0. The Labute approximate surface area is 89.1 Å². The predicted molar refractivity (Wildman–Crippen MR) is 52.2 cm³/mol. The van der Waals surface area contributed by atoms with Crippen molar-refractivity contribution in [3.63, 3.8) is 0 Å². The molecule has 74 valence electrons. The lowest BCUT2D eigenvalue weighted by atomic mass is 10.2. The maximum atomic E-state index is 10.8. The van der Waals surface area contributed by atoms with Crippen LogP contribution in [0.5, 0.6) is 0 Å². The zero-order valence-corrected chi connectivity index (χ0v) is 7.99. The quantitative estimate of drug-likeness (QED) is 0.446. The van der Waals surface area contributed by atoms with Crippen molar-refractivity contribution in [2.75, 3.05) is 0 Å². The number of rotatable bonds is 3. The molecule has 0 aromatic heterocycles. The molecule has 0 fully saturated rings. The van der Waals surface area contributed by atoms with Gasteiger partial charge < -0.3 is 0 Å². The number of benzene rings is 1. The summed E-state index contributed by atoms with van der Waals surface area (Å²) in [5, 5.41) is -0.736. The summed E-state index contributed by atoms with van der Waals surface area (Å²) in [5.74, 6) is 0. The molecule has 15 heavy (non-hydrogen) atoms. The summed E-state index contributed by atoms with van der Waals surface area (Å²) in [6, 6.07) is 3.88. The van der Waals surface area contributed by atoms with Crippen molar-refractivity contribution in [1.82, 2.24) is 0 Å². The van der Waals surface area contributed by atoms with Gasteiger partial charge in [-0.25, -0.2) is 9.59 Å². The van der Waals surface area contributed by atoms with E-state index in [2.05, 4.69) is 9.98 Å². The van der Waals surface area contributed by atoms with Crippen LogP contribution >= 0.6 is 11.6 Å². The van der Waals surface area contributed by atoms with Crippen molar-refractivity contribution >= 4 is 40.4 Å². The van der Waals surface area contributed by atoms with Crippen LogP contribution in [0, 0.1) is 0 Å². The number of carbonyl (C=O) groups is 1. The summed E-state index contributed by atoms with van der Waals surface area (Å²) in [6.45, 7) is 0. The Bertz CT molecular complexity index is 434. The van der Waals surface area contributed by atoms with Crippen molar-refractivity contribution in [2.45, 2.75) is 0 Å². The summed E-state index contributed by atoms with van der Waals surface area (Å²) < 4.78 is 0. The van der Waals surface area contributed by atoms with Gasteiger partial charge in [-0.2, -0.15) is 9.98 Å². The first-order valence-corrected chi connectivity index (χ1v) is 4.06. The summed E-state index contributed by atoms with van der Waals surface area (Å²) >= 11 is 5.23. The molecule has 0 unspecified atom stereocenters. The molecule has 0 heterocycles. The zero-order valence-electron chi connectivity index (χ0n) is 7.23. The van der Waals surface area contributed by atoms with Gasteiger partial charge in [-0.3, -0.25) is 4.79 Å². The van der Waals surface area contributed by atoms with E-state index < -0.39 is 5.24 Å². The van der Waals surface area contributed by atoms with Crippen LogP contribution in [0.3, 0.4) is 0 Å². The second-order valence-electron chi connectivity index (χ2n) is 2.42. The number of hydrogen-bond acceptors (Lipinski definition) is 5. The van der Waals surface area contributed by atoms with Crippen LogP contribution in [0.15, 0.2) is 28.2 Å². The molecule has 6 heteroatoms. The van der Waals surface area contributed by atoms with Gasteiger partial charge in [-0.15, -0.1) is 0 Å². The molecule has 0 atom stereocenters. The zero-order chi connectivity index (χ0) is 11.3. The summed E-state index contributed by atoms with van der Waals surface area (Å²) in [5.41, 5.74) is 0.373. The smallest absolute Gasteiger partial charge is 0.252 e. The Hall–Kier alpha value is -2.06. The molecule has 0 aliphatic heterocycles. The lowest BCUT2D eigenvalue weighted by Crippen LogP contribution is -1.87. The van der Waals surface area contributed by atoms with Gasteiger partial charge in [0, 0.05) is 5.56 Å². The minimum atomic E-state index is -0.736. The van der Waals surface area contributed by atoms with E-state index >= 15 is 0 Å². The van der Waals surface area contributed by atoms with Crippen LogP contribution in [0.25, 0.3) is 0 Å². The number of hydrogen-bond donors (Lipinski definition) is 0. The van der Waals surface area contributed by atoms with Crippen LogP contribution in [-0.2, 0) is 9.59 Å². The van der Waals surface area contributed by atoms with Crippen molar-refractivity contribution in [1.29, 1.82) is 0 Å². The molecule has 1 aromatic carbocycles. The highest BCUT2D eigenvalue weighted by atomic mass is 35.5. The van der Waals surface area contributed by atoms with Crippen LogP contribution in [0.4, 0.5) is 11.4 Å². The van der Waals surface area contributed by atoms with Crippen LogP contribution in [-0.4, -0.2) is 17.4 Å². The fourth-order valence-electron chi connectivity index (χ4n) is 0.943. The van der Waals surface area contributed by atoms with Gasteiger partial charge >= 0.3 is 0 Å². The fraction of sp³-hybridized carbons (Fsp3) is 0. The minimum Gasteiger partial charge on any atom is -0.276 e. The Morgan fingerprint density at radius 1 is 1.07 bits per heavy atom. The van der Waals surface area contributed by atoms with E-state index in [1.165, 1.54) is 30.4 Å². The van der Waals surface area contributed by atoms with E-state index in [0.717, 1.165) is 0 Å². The van der Waals surface area contributed by atoms with Gasteiger partial charge in [0.15, 0.2) is 0 Å². The molecule has 0 N–H and O–H groups in total. The summed E-state index contributed by atoms with van der Waals surface area (Å²) in [7, 11) is 0. The Balaban J connectivity index is 3.37. The van der Waals surface area contributed by atoms with E-state index in [1.807, 2.05) is 0 Å². The van der Waals surface area contributed by atoms with E-state index in [9.17, 15) is 14.4 Å². The molecule has 0 aliphatic rings. The van der Waals surface area contributed by atoms with E-state index in [0.29, 0.717) is 0 Å². The molecular formula is C9H3ClN2O3. The van der Waals surface area contributed by atoms with E-state index in [4.69, 9.17) is 11.6 Å². The van der Waals surface area contributed by atoms with Crippen molar-refractivity contribution < 1.29 is 14.4 Å². The molecule has 0 saturated carbocycles. The monoisotopic (exact) mass is 222 g/mol. The molecule has 0 aliphatic carbocycles. The average molecular weight is 223 g/mol. The SMILES string of the molecule is O=C=Nc1cc(N=C=O)cc(C(=O)Cl)c1. The topological polar surface area (TPSA) is 75.9 Å². The highest BCUT2D eigenvalue weighted by Gasteiger charge is 2.05. The number of halogens is 1. The highest BCUT2D eigenvalue weighted by molar-refractivity contribution is 6.67. The van der Waals surface area contributed by atoms with Gasteiger partial charge in [0.05, 0.1) is 11.4 Å². The lowest BCUT2D eigenvalue weighted by Gasteiger charge is -1.97. The summed E-state index contributed by atoms with van der Waals surface area (Å²) in [4.78, 5) is 37.4. The van der Waals surface area contributed by atoms with Gasteiger partial charge in [0.1, 0.15) is 0 Å². The standard InChI is InChI=1S/C9H3ClN2O3/c10-9(15)6-1-7(11-4-13)3-8(2-6)12-5-14/h1-3H. The molecule has 0 spiro atoms. The third-order valence-corrected chi connectivity index (χ3v) is 1.70. The number of isocyanates is 2. The average Bonchev–Trinajstić information content (AvgIpc) is 2.18. The minimum absolute atomic E-state index is 0.0853. The lowest BCUT2D eigenvalue weighted by molar-refractivity contribution is 0.108. The van der Waals surface area contributed by atoms with E-state index in [1.54, 1.807) is 0 Å². The second kappa shape index (κ2) is 4.98. The number of nitrogens with zero attached hydrogens (tertiary/aromatic N) is 2. The normalized spacial score (nSPS) is 8.60. The predicted octanol–water partition coefficient (Wildman–Crippen LogP) is 2.00. The van der Waals surface area contributed by atoms with E-state index in [-0.39, 0.29) is 16.9 Å². The van der Waals surface area contributed by atoms with Gasteiger partial charge in [0.2, 0.25) is 12.2 Å². The molecule has 1 rings (SSSR count). The summed E-state index contributed by atoms with van der Waals surface area (Å²) in [6.07, 6.45) is 2.60. The van der Waals surface area contributed by atoms with Gasteiger partial charge in [-0.05, 0) is 29.8 Å². The maximum absolute atomic E-state index is 10.8. The first-order valence-electron chi connectivity index (χ1n) is 3.68. The van der Waals surface area contributed by atoms with Crippen LogP contribution in [0.2, 0.25) is 0 Å². The third-order valence-electron chi connectivity index (χ3n) is 1.48. The fourth-order valence-corrected chi connectivity index (χ4v) is 1.05. The first-order chi connectivity index (χ1) is 7.17. The maximum Gasteiger partial charge on any atom is 0.252 e. The largest absolute Gasteiger partial charge is 0.276 e. The van der Waals surface area contributed by atoms with Gasteiger partial charge in [-0.1, -0.05) is 0 Å². The molecule has 5 nitrogen and oxygen atoms in total.